The molecule has 2 aromatic heterocycles. The number of hydrogen-bond acceptors (Lipinski definition) is 6. The summed E-state index contributed by atoms with van der Waals surface area (Å²) in [5.41, 5.74) is -0.767. The summed E-state index contributed by atoms with van der Waals surface area (Å²) in [7, 11) is 0. The highest BCUT2D eigenvalue weighted by atomic mass is 32.1. The molecule has 0 spiro atoms. The van der Waals surface area contributed by atoms with Crippen molar-refractivity contribution in [2.75, 3.05) is 6.54 Å². The molecule has 8 nitrogen and oxygen atoms in total. The molecule has 1 aliphatic rings. The molecule has 0 saturated carbocycles. The minimum atomic E-state index is -0.875. The van der Waals surface area contributed by atoms with Crippen LogP contribution in [-0.2, 0) is 11.2 Å². The first-order valence-electron chi connectivity index (χ1n) is 11.5. The molecule has 11 heteroatoms. The number of amides is 2. The summed E-state index contributed by atoms with van der Waals surface area (Å²) in [6, 6.07) is 2.00. The number of benzene rings is 1. The zero-order valence-corrected chi connectivity index (χ0v) is 21.0. The highest BCUT2D eigenvalue weighted by Crippen LogP contribution is 2.32. The number of carbonyl (C=O) groups excluding carboxylic acids is 2. The summed E-state index contributed by atoms with van der Waals surface area (Å²) in [4.78, 5) is 45.6. The second-order valence-corrected chi connectivity index (χ2v) is 10.4. The van der Waals surface area contributed by atoms with Gasteiger partial charge in [-0.1, -0.05) is 6.07 Å². The molecule has 0 radical (unpaired) electrons. The van der Waals surface area contributed by atoms with E-state index < -0.39 is 34.8 Å². The van der Waals surface area contributed by atoms with E-state index in [0.29, 0.717) is 4.88 Å². The van der Waals surface area contributed by atoms with Gasteiger partial charge < -0.3 is 19.9 Å². The fourth-order valence-electron chi connectivity index (χ4n) is 4.12. The molecule has 1 atom stereocenters. The average molecular weight is 517 g/mol. The van der Waals surface area contributed by atoms with Gasteiger partial charge in [-0.15, -0.1) is 11.3 Å². The molecule has 36 heavy (non-hydrogen) atoms. The Morgan fingerprint density at radius 3 is 2.61 bits per heavy atom. The largest absolute Gasteiger partial charge is 0.503 e. The normalized spacial score (nSPS) is 15.5. The Bertz CT molecular complexity index is 1400. The Hall–Kier alpha value is -3.60. The second-order valence-electron chi connectivity index (χ2n) is 9.25. The van der Waals surface area contributed by atoms with E-state index in [1.807, 2.05) is 13.8 Å². The topological polar surface area (TPSA) is 105 Å². The monoisotopic (exact) mass is 516 g/mol. The highest BCUT2D eigenvalue weighted by molar-refractivity contribution is 7.15. The quantitative estimate of drug-likeness (QED) is 0.522. The van der Waals surface area contributed by atoms with Gasteiger partial charge in [0.05, 0.1) is 12.1 Å². The van der Waals surface area contributed by atoms with Crippen molar-refractivity contribution in [2.45, 2.75) is 52.2 Å². The molecule has 0 aliphatic carbocycles. The number of rotatable bonds is 6. The van der Waals surface area contributed by atoms with Gasteiger partial charge in [0.2, 0.25) is 11.3 Å². The molecule has 0 bridgehead atoms. The van der Waals surface area contributed by atoms with Crippen LogP contribution >= 0.6 is 11.3 Å². The number of aromatic hydroxyl groups is 1. The van der Waals surface area contributed by atoms with Crippen LogP contribution in [0.4, 0.5) is 8.78 Å². The number of pyridine rings is 1. The summed E-state index contributed by atoms with van der Waals surface area (Å²) in [5.74, 6) is -3.04. The van der Waals surface area contributed by atoms with Crippen molar-refractivity contribution >= 4 is 23.2 Å². The van der Waals surface area contributed by atoms with Gasteiger partial charge in [0.25, 0.3) is 5.91 Å². The predicted octanol–water partition coefficient (Wildman–Crippen LogP) is 3.48. The number of aromatic nitrogens is 2. The Labute approximate surface area is 210 Å². The molecule has 2 N–H and O–H groups in total. The first-order chi connectivity index (χ1) is 17.0. The van der Waals surface area contributed by atoms with Crippen molar-refractivity contribution in [3.8, 4) is 16.3 Å². The Balaban J connectivity index is 1.78. The number of hydrogen-bond donors (Lipinski definition) is 2. The van der Waals surface area contributed by atoms with E-state index in [2.05, 4.69) is 10.3 Å². The molecule has 1 aromatic carbocycles. The fourth-order valence-corrected chi connectivity index (χ4v) is 5.07. The van der Waals surface area contributed by atoms with E-state index in [1.165, 1.54) is 27.9 Å². The average Bonchev–Trinajstić information content (AvgIpc) is 3.25. The molecule has 3 heterocycles. The van der Waals surface area contributed by atoms with Crippen molar-refractivity contribution in [3.05, 3.63) is 68.6 Å². The lowest BCUT2D eigenvalue weighted by Crippen LogP contribution is -2.52. The van der Waals surface area contributed by atoms with E-state index in [1.54, 1.807) is 13.8 Å². The SMILES string of the molecule is CC(C)NC(=O)C1CN(C(C)C)C(=O)c2c(O)c(=O)c(-c3ncc(Cc4ccc(F)cc4F)s3)cn21. The van der Waals surface area contributed by atoms with Crippen LogP contribution in [0.15, 0.2) is 35.4 Å². The first kappa shape index (κ1) is 25.5. The molecule has 3 aromatic rings. The molecule has 4 rings (SSSR count). The van der Waals surface area contributed by atoms with E-state index in [4.69, 9.17) is 0 Å². The van der Waals surface area contributed by atoms with Gasteiger partial charge in [0.1, 0.15) is 22.7 Å². The van der Waals surface area contributed by atoms with Crippen molar-refractivity contribution in [1.82, 2.24) is 19.8 Å². The smallest absolute Gasteiger partial charge is 0.274 e. The number of halogens is 2. The lowest BCUT2D eigenvalue weighted by molar-refractivity contribution is -0.125. The molecule has 0 fully saturated rings. The van der Waals surface area contributed by atoms with Crippen LogP contribution < -0.4 is 10.7 Å². The zero-order chi connectivity index (χ0) is 26.3. The Kier molecular flexibility index (Phi) is 6.94. The molecule has 1 aliphatic heterocycles. The number of nitrogens with zero attached hydrogens (tertiary/aromatic N) is 3. The maximum atomic E-state index is 14.1. The predicted molar refractivity (Wildman–Crippen MR) is 131 cm³/mol. The van der Waals surface area contributed by atoms with Gasteiger partial charge in [-0.05, 0) is 39.3 Å². The zero-order valence-electron chi connectivity index (χ0n) is 20.2. The molecular formula is C25H26F2N4O4S. The van der Waals surface area contributed by atoms with Gasteiger partial charge in [0.15, 0.2) is 11.4 Å². The number of thiazole rings is 1. The van der Waals surface area contributed by atoms with Gasteiger partial charge in [-0.2, -0.15) is 0 Å². The molecular weight excluding hydrogens is 490 g/mol. The third-order valence-electron chi connectivity index (χ3n) is 5.90. The number of fused-ring (bicyclic) bond motifs is 1. The van der Waals surface area contributed by atoms with Gasteiger partial charge >= 0.3 is 0 Å². The van der Waals surface area contributed by atoms with Crippen molar-refractivity contribution in [2.24, 2.45) is 0 Å². The van der Waals surface area contributed by atoms with Crippen molar-refractivity contribution in [1.29, 1.82) is 0 Å². The number of nitrogens with one attached hydrogen (secondary N) is 1. The molecule has 1 unspecified atom stereocenters. The van der Waals surface area contributed by atoms with Crippen LogP contribution in [0.5, 0.6) is 5.75 Å². The minimum absolute atomic E-state index is 0.0141. The third kappa shape index (κ3) is 4.75. The van der Waals surface area contributed by atoms with E-state index in [0.717, 1.165) is 23.5 Å². The minimum Gasteiger partial charge on any atom is -0.503 e. The van der Waals surface area contributed by atoms with Gasteiger partial charge in [-0.25, -0.2) is 13.8 Å². The van der Waals surface area contributed by atoms with Crippen LogP contribution in [-0.4, -0.2) is 50.0 Å². The van der Waals surface area contributed by atoms with E-state index in [9.17, 15) is 28.3 Å². The maximum Gasteiger partial charge on any atom is 0.274 e. The van der Waals surface area contributed by atoms with Crippen LogP contribution in [0.2, 0.25) is 0 Å². The Morgan fingerprint density at radius 1 is 1.25 bits per heavy atom. The summed E-state index contributed by atoms with van der Waals surface area (Å²) >= 11 is 1.10. The summed E-state index contributed by atoms with van der Waals surface area (Å²) in [6.45, 7) is 7.26. The maximum absolute atomic E-state index is 14.1. The van der Waals surface area contributed by atoms with Crippen LogP contribution in [0.3, 0.4) is 0 Å². The summed E-state index contributed by atoms with van der Waals surface area (Å²) < 4.78 is 28.6. The standard InChI is InChI=1S/C25H26F2N4O4S/c1-12(2)29-23(34)19-11-30(13(3)4)25(35)20-22(33)21(32)17(10-31(19)20)24-28-9-16(36-24)7-14-5-6-15(26)8-18(14)27/h5-6,8-10,12-13,19,33H,7,11H2,1-4H3,(H,29,34). The lowest BCUT2D eigenvalue weighted by Gasteiger charge is -2.38. The van der Waals surface area contributed by atoms with Crippen LogP contribution in [0.25, 0.3) is 10.6 Å². The van der Waals surface area contributed by atoms with Gasteiger partial charge in [0, 0.05) is 41.8 Å². The third-order valence-corrected chi connectivity index (χ3v) is 6.93. The molecule has 2 amide bonds. The Morgan fingerprint density at radius 2 is 1.97 bits per heavy atom. The second kappa shape index (κ2) is 9.81. The van der Waals surface area contributed by atoms with Crippen molar-refractivity contribution in [3.63, 3.8) is 0 Å². The molecule has 0 saturated heterocycles. The number of carbonyl (C=O) groups is 2. The van der Waals surface area contributed by atoms with Crippen LogP contribution in [0.1, 0.15) is 54.7 Å². The molecule has 190 valence electrons. The summed E-state index contributed by atoms with van der Waals surface area (Å²) in [5, 5.41) is 13.9. The first-order valence-corrected chi connectivity index (χ1v) is 12.3. The van der Waals surface area contributed by atoms with E-state index >= 15 is 0 Å². The lowest BCUT2D eigenvalue weighted by atomic mass is 10.1. The van der Waals surface area contributed by atoms with Crippen molar-refractivity contribution < 1.29 is 23.5 Å². The fraction of sp³-hybridized carbons (Fsp3) is 0.360. The van der Waals surface area contributed by atoms with Gasteiger partial charge in [-0.3, -0.25) is 14.4 Å². The summed E-state index contributed by atoms with van der Waals surface area (Å²) in [6.07, 6.45) is 2.97. The highest BCUT2D eigenvalue weighted by Gasteiger charge is 2.39. The van der Waals surface area contributed by atoms with Crippen LogP contribution in [0, 0.1) is 11.6 Å². The van der Waals surface area contributed by atoms with E-state index in [-0.39, 0.29) is 52.8 Å².